The van der Waals surface area contributed by atoms with Gasteiger partial charge in [0.25, 0.3) is 0 Å². The maximum atomic E-state index is 10.7. The summed E-state index contributed by atoms with van der Waals surface area (Å²) in [5, 5.41) is 42.0. The zero-order chi connectivity index (χ0) is 25.0. The van der Waals surface area contributed by atoms with Crippen molar-refractivity contribution in [2.45, 2.75) is 87.9 Å². The summed E-state index contributed by atoms with van der Waals surface area (Å²) >= 11 is 0. The maximum absolute atomic E-state index is 10.7. The van der Waals surface area contributed by atoms with Gasteiger partial charge in [-0.2, -0.15) is 0 Å². The zero-order valence-corrected chi connectivity index (χ0v) is 19.9. The molecule has 2 aliphatic rings. The molecule has 34 heavy (non-hydrogen) atoms. The van der Waals surface area contributed by atoms with Crippen molar-refractivity contribution in [1.82, 2.24) is 4.90 Å². The van der Waals surface area contributed by atoms with Crippen LogP contribution in [0.25, 0.3) is 0 Å². The lowest BCUT2D eigenvalue weighted by Crippen LogP contribution is -2.67. The summed E-state index contributed by atoms with van der Waals surface area (Å²) in [5.74, 6) is 0. The molecule has 0 radical (unpaired) electrons. The van der Waals surface area contributed by atoms with E-state index in [-0.39, 0.29) is 6.42 Å². The summed E-state index contributed by atoms with van der Waals surface area (Å²) in [6, 6.07) is 7.53. The summed E-state index contributed by atoms with van der Waals surface area (Å²) < 4.78 is 11.9. The van der Waals surface area contributed by atoms with Crippen LogP contribution >= 0.6 is 0 Å². The van der Waals surface area contributed by atoms with Crippen LogP contribution in [0.3, 0.4) is 0 Å². The van der Waals surface area contributed by atoms with Gasteiger partial charge in [0.05, 0.1) is 12.1 Å². The SMILES string of the molecule is C/C=C(\C)CN(Cc1ccccc1)C[C@H]1O[C@H](O[C@H]2[C@H](O)[C@@H](O)[C@H](N)C[C@@H]2N)[C@H](N)[C@@H](O)[C@@H]1O. The molecule has 0 aromatic heterocycles. The van der Waals surface area contributed by atoms with Crippen LogP contribution in [0.4, 0.5) is 0 Å². The third kappa shape index (κ3) is 6.41. The van der Waals surface area contributed by atoms with Crippen molar-refractivity contribution in [3.63, 3.8) is 0 Å². The van der Waals surface area contributed by atoms with E-state index in [1.807, 2.05) is 50.3 Å². The molecule has 0 unspecified atom stereocenters. The molecule has 1 aromatic carbocycles. The maximum Gasteiger partial charge on any atom is 0.176 e. The molecule has 0 spiro atoms. The summed E-state index contributed by atoms with van der Waals surface area (Å²) in [5.41, 5.74) is 20.3. The van der Waals surface area contributed by atoms with E-state index < -0.39 is 61.0 Å². The van der Waals surface area contributed by atoms with Crippen molar-refractivity contribution in [3.05, 3.63) is 47.5 Å². The van der Waals surface area contributed by atoms with Crippen LogP contribution in [0.5, 0.6) is 0 Å². The minimum Gasteiger partial charge on any atom is -0.389 e. The molecule has 0 bridgehead atoms. The molecule has 1 heterocycles. The van der Waals surface area contributed by atoms with E-state index in [9.17, 15) is 20.4 Å². The van der Waals surface area contributed by atoms with Gasteiger partial charge in [-0.3, -0.25) is 4.90 Å². The van der Waals surface area contributed by atoms with Crippen LogP contribution in [-0.4, -0.2) is 99.5 Å². The van der Waals surface area contributed by atoms with Crippen molar-refractivity contribution in [3.8, 4) is 0 Å². The average Bonchev–Trinajstić information content (AvgIpc) is 2.82. The molecular weight excluding hydrogens is 440 g/mol. The lowest BCUT2D eigenvalue weighted by Gasteiger charge is -2.46. The monoisotopic (exact) mass is 480 g/mol. The third-order valence-corrected chi connectivity index (χ3v) is 6.78. The standard InChI is InChI=1S/C24H40N4O6/c1-3-13(2)10-28(11-14-7-5-4-6-8-14)12-17-20(30)21(31)18(27)24(33-17)34-23-16(26)9-15(25)19(29)22(23)32/h3-8,15-24,29-32H,9-12,25-27H2,1-2H3/b13-3+/t15-,16+,17-,18-,19+,20-,21-,22-,23-,24-/m1/s1. The number of aliphatic hydroxyl groups excluding tert-OH is 4. The van der Waals surface area contributed by atoms with E-state index in [1.54, 1.807) is 0 Å². The highest BCUT2D eigenvalue weighted by molar-refractivity contribution is 5.15. The molecule has 10 atom stereocenters. The van der Waals surface area contributed by atoms with Crippen molar-refractivity contribution < 1.29 is 29.9 Å². The Morgan fingerprint density at radius 2 is 1.71 bits per heavy atom. The highest BCUT2D eigenvalue weighted by Gasteiger charge is 2.48. The van der Waals surface area contributed by atoms with Gasteiger partial charge in [0, 0.05) is 31.7 Å². The van der Waals surface area contributed by atoms with Crippen LogP contribution in [0.15, 0.2) is 42.0 Å². The summed E-state index contributed by atoms with van der Waals surface area (Å²) in [7, 11) is 0. The Bertz CT molecular complexity index is 799. The Labute approximate surface area is 200 Å². The number of hydrogen-bond donors (Lipinski definition) is 7. The van der Waals surface area contributed by atoms with Crippen LogP contribution < -0.4 is 17.2 Å². The number of benzene rings is 1. The van der Waals surface area contributed by atoms with Crippen LogP contribution in [0.2, 0.25) is 0 Å². The zero-order valence-electron chi connectivity index (χ0n) is 19.9. The first-order valence-corrected chi connectivity index (χ1v) is 11.8. The second kappa shape index (κ2) is 12.0. The fourth-order valence-electron chi connectivity index (χ4n) is 4.58. The van der Waals surface area contributed by atoms with Crippen molar-refractivity contribution in [2.75, 3.05) is 13.1 Å². The molecule has 3 rings (SSSR count). The minimum absolute atomic E-state index is 0.243. The first-order valence-electron chi connectivity index (χ1n) is 11.8. The molecule has 10 N–H and O–H groups in total. The molecule has 192 valence electrons. The highest BCUT2D eigenvalue weighted by Crippen LogP contribution is 2.28. The first kappa shape index (κ1) is 27.2. The number of aliphatic hydroxyl groups is 4. The van der Waals surface area contributed by atoms with Gasteiger partial charge in [-0.25, -0.2) is 0 Å². The predicted molar refractivity (Wildman–Crippen MR) is 127 cm³/mol. The second-order valence-corrected chi connectivity index (χ2v) is 9.54. The Balaban J connectivity index is 1.74. The topological polar surface area (TPSA) is 181 Å². The number of nitrogens with zero attached hydrogens (tertiary/aromatic N) is 1. The van der Waals surface area contributed by atoms with Gasteiger partial charge in [-0.05, 0) is 25.8 Å². The van der Waals surface area contributed by atoms with Crippen LogP contribution in [0, 0.1) is 0 Å². The Kier molecular flexibility index (Phi) is 9.58. The smallest absolute Gasteiger partial charge is 0.176 e. The van der Waals surface area contributed by atoms with E-state index in [1.165, 1.54) is 0 Å². The summed E-state index contributed by atoms with van der Waals surface area (Å²) in [4.78, 5) is 2.11. The van der Waals surface area contributed by atoms with Crippen molar-refractivity contribution in [1.29, 1.82) is 0 Å². The lowest BCUT2D eigenvalue weighted by atomic mass is 9.84. The van der Waals surface area contributed by atoms with Crippen LogP contribution in [-0.2, 0) is 16.0 Å². The summed E-state index contributed by atoms with van der Waals surface area (Å²) in [6.07, 6.45) is -5.75. The van der Waals surface area contributed by atoms with Crippen molar-refractivity contribution in [2.24, 2.45) is 17.2 Å². The van der Waals surface area contributed by atoms with E-state index in [0.29, 0.717) is 19.6 Å². The Morgan fingerprint density at radius 3 is 2.35 bits per heavy atom. The molecule has 0 amide bonds. The first-order chi connectivity index (χ1) is 16.1. The van der Waals surface area contributed by atoms with Crippen molar-refractivity contribution >= 4 is 0 Å². The van der Waals surface area contributed by atoms with Gasteiger partial charge >= 0.3 is 0 Å². The number of ether oxygens (including phenoxy) is 2. The number of hydrogen-bond acceptors (Lipinski definition) is 10. The van der Waals surface area contributed by atoms with E-state index >= 15 is 0 Å². The second-order valence-electron chi connectivity index (χ2n) is 9.54. The molecule has 10 nitrogen and oxygen atoms in total. The van der Waals surface area contributed by atoms with Gasteiger partial charge in [0.15, 0.2) is 6.29 Å². The molecule has 1 aliphatic carbocycles. The van der Waals surface area contributed by atoms with Gasteiger partial charge < -0.3 is 47.1 Å². The molecule has 1 saturated heterocycles. The van der Waals surface area contributed by atoms with Crippen LogP contribution in [0.1, 0.15) is 25.8 Å². The minimum atomic E-state index is -1.33. The number of nitrogens with two attached hydrogens (primary N) is 3. The fourth-order valence-corrected chi connectivity index (χ4v) is 4.58. The fraction of sp³-hybridized carbons (Fsp3) is 0.667. The molecular formula is C24H40N4O6. The van der Waals surface area contributed by atoms with E-state index in [4.69, 9.17) is 26.7 Å². The predicted octanol–water partition coefficient (Wildman–Crippen LogP) is -1.61. The van der Waals surface area contributed by atoms with E-state index in [2.05, 4.69) is 4.90 Å². The quantitative estimate of drug-likeness (QED) is 0.214. The van der Waals surface area contributed by atoms with Gasteiger partial charge in [0.1, 0.15) is 30.5 Å². The summed E-state index contributed by atoms with van der Waals surface area (Å²) in [6.45, 7) is 5.55. The molecule has 10 heteroatoms. The molecule has 1 aromatic rings. The number of rotatable bonds is 8. The Hall–Kier alpha value is -1.44. The highest BCUT2D eigenvalue weighted by atomic mass is 16.7. The Morgan fingerprint density at radius 1 is 1.03 bits per heavy atom. The van der Waals surface area contributed by atoms with E-state index in [0.717, 1.165) is 11.1 Å². The largest absolute Gasteiger partial charge is 0.389 e. The molecule has 1 saturated carbocycles. The van der Waals surface area contributed by atoms with Gasteiger partial charge in [-0.1, -0.05) is 42.0 Å². The molecule has 2 fully saturated rings. The average molecular weight is 481 g/mol. The normalized spacial score (nSPS) is 39.4. The lowest BCUT2D eigenvalue weighted by molar-refractivity contribution is -0.291. The van der Waals surface area contributed by atoms with Gasteiger partial charge in [-0.15, -0.1) is 0 Å². The molecule has 1 aliphatic heterocycles. The number of allylic oxidation sites excluding steroid dienone is 1. The third-order valence-electron chi connectivity index (χ3n) is 6.78. The van der Waals surface area contributed by atoms with Gasteiger partial charge in [0.2, 0.25) is 0 Å².